The lowest BCUT2D eigenvalue weighted by Gasteiger charge is -2.32. The fraction of sp³-hybridized carbons (Fsp3) is 0.286. The number of hydrogen-bond acceptors (Lipinski definition) is 5. The van der Waals surface area contributed by atoms with Crippen LogP contribution in [0, 0.1) is 10.1 Å². The molecule has 1 aliphatic heterocycles. The Bertz CT molecular complexity index is 995. The molecule has 1 aliphatic rings. The Balaban J connectivity index is 2.03. The minimum absolute atomic E-state index is 0.102. The molecule has 0 radical (unpaired) electrons. The number of nitrogens with one attached hydrogen (secondary N) is 1. The number of hydrogen-bond donors (Lipinski definition) is 1. The van der Waals surface area contributed by atoms with Gasteiger partial charge in [0.2, 0.25) is 5.91 Å². The summed E-state index contributed by atoms with van der Waals surface area (Å²) in [5.74, 6) is -1.63. The Morgan fingerprint density at radius 2 is 1.53 bits per heavy atom. The molecule has 1 heterocycles. The zero-order chi connectivity index (χ0) is 22.2. The maximum Gasteiger partial charge on any atom is 0.269 e. The van der Waals surface area contributed by atoms with E-state index in [0.717, 1.165) is 4.90 Å². The second-order valence-electron chi connectivity index (χ2n) is 7.96. The highest BCUT2D eigenvalue weighted by atomic mass is 79.9. The first-order valence-corrected chi connectivity index (χ1v) is 10.1. The van der Waals surface area contributed by atoms with Crippen molar-refractivity contribution >= 4 is 39.3 Å². The lowest BCUT2D eigenvalue weighted by molar-refractivity contribution is -0.384. The van der Waals surface area contributed by atoms with Gasteiger partial charge in [0.25, 0.3) is 17.5 Å². The van der Waals surface area contributed by atoms with E-state index >= 15 is 0 Å². The second-order valence-corrected chi connectivity index (χ2v) is 8.95. The predicted octanol–water partition coefficient (Wildman–Crippen LogP) is 3.61. The van der Waals surface area contributed by atoms with Gasteiger partial charge >= 0.3 is 0 Å². The number of nitro benzene ring substituents is 1. The van der Waals surface area contributed by atoms with Crippen molar-refractivity contribution in [2.75, 3.05) is 0 Å². The molecule has 2 unspecified atom stereocenters. The molecule has 0 bridgehead atoms. The number of rotatable bonds is 5. The quantitative estimate of drug-likeness (QED) is 0.308. The Labute approximate surface area is 181 Å². The third-order valence-corrected chi connectivity index (χ3v) is 5.60. The highest BCUT2D eigenvalue weighted by molar-refractivity contribution is 9.09. The average molecular weight is 474 g/mol. The molecule has 0 aliphatic carbocycles. The van der Waals surface area contributed by atoms with E-state index in [9.17, 15) is 24.5 Å². The van der Waals surface area contributed by atoms with Crippen molar-refractivity contribution in [3.63, 3.8) is 0 Å². The maximum absolute atomic E-state index is 13.2. The van der Waals surface area contributed by atoms with E-state index in [4.69, 9.17) is 0 Å². The summed E-state index contributed by atoms with van der Waals surface area (Å²) in [6.45, 7) is 5.37. The van der Waals surface area contributed by atoms with Crippen LogP contribution in [0.3, 0.4) is 0 Å². The fourth-order valence-electron chi connectivity index (χ4n) is 3.25. The van der Waals surface area contributed by atoms with Gasteiger partial charge in [-0.25, -0.2) is 0 Å². The van der Waals surface area contributed by atoms with Gasteiger partial charge in [-0.3, -0.25) is 29.4 Å². The zero-order valence-corrected chi connectivity index (χ0v) is 18.2. The molecule has 3 rings (SSSR count). The number of halogens is 1. The molecule has 8 nitrogen and oxygen atoms in total. The summed E-state index contributed by atoms with van der Waals surface area (Å²) in [6.07, 6.45) is 0. The highest BCUT2D eigenvalue weighted by Gasteiger charge is 2.46. The summed E-state index contributed by atoms with van der Waals surface area (Å²) in [4.78, 5) is 49.8. The minimum Gasteiger partial charge on any atom is -0.350 e. The van der Waals surface area contributed by atoms with E-state index in [1.807, 2.05) is 0 Å². The number of fused-ring (bicyclic) bond motifs is 1. The van der Waals surface area contributed by atoms with Crippen LogP contribution in [-0.2, 0) is 4.79 Å². The Morgan fingerprint density at radius 3 is 1.97 bits per heavy atom. The van der Waals surface area contributed by atoms with Gasteiger partial charge < -0.3 is 5.32 Å². The molecule has 156 valence electrons. The predicted molar refractivity (Wildman–Crippen MR) is 113 cm³/mol. The van der Waals surface area contributed by atoms with Gasteiger partial charge in [0, 0.05) is 17.7 Å². The molecule has 1 N–H and O–H groups in total. The van der Waals surface area contributed by atoms with Gasteiger partial charge in [-0.15, -0.1) is 0 Å². The standard InChI is InChI=1S/C21H20BrN3O5/c1-21(2,3)23-18(26)17(16(22)12-8-10-13(11-9-12)25(29)30)24-19(27)14-6-4-5-7-15(14)20(24)28/h4-11,16-17H,1-3H3,(H,23,26). The van der Waals surface area contributed by atoms with Gasteiger partial charge in [-0.05, 0) is 38.5 Å². The van der Waals surface area contributed by atoms with E-state index in [1.165, 1.54) is 24.3 Å². The van der Waals surface area contributed by atoms with Gasteiger partial charge in [-0.1, -0.05) is 40.2 Å². The number of carbonyl (C=O) groups is 3. The van der Waals surface area contributed by atoms with Crippen molar-refractivity contribution < 1.29 is 19.3 Å². The van der Waals surface area contributed by atoms with Crippen LogP contribution in [0.1, 0.15) is 51.9 Å². The Morgan fingerprint density at radius 1 is 1.03 bits per heavy atom. The van der Waals surface area contributed by atoms with E-state index in [2.05, 4.69) is 21.2 Å². The lowest BCUT2D eigenvalue weighted by atomic mass is 10.0. The van der Waals surface area contributed by atoms with Crippen LogP contribution >= 0.6 is 15.9 Å². The third-order valence-electron chi connectivity index (χ3n) is 4.57. The highest BCUT2D eigenvalue weighted by Crippen LogP contribution is 2.35. The summed E-state index contributed by atoms with van der Waals surface area (Å²) in [6, 6.07) is 10.8. The van der Waals surface area contributed by atoms with Crippen LogP contribution in [-0.4, -0.2) is 39.1 Å². The first-order chi connectivity index (χ1) is 14.0. The molecule has 9 heteroatoms. The van der Waals surface area contributed by atoms with Gasteiger partial charge in [0.1, 0.15) is 6.04 Å². The topological polar surface area (TPSA) is 110 Å². The summed E-state index contributed by atoms with van der Waals surface area (Å²) < 4.78 is 0. The molecular weight excluding hydrogens is 454 g/mol. The maximum atomic E-state index is 13.2. The van der Waals surface area contributed by atoms with Crippen LogP contribution in [0.5, 0.6) is 0 Å². The van der Waals surface area contributed by atoms with Crippen LogP contribution in [0.4, 0.5) is 5.69 Å². The van der Waals surface area contributed by atoms with Crippen LogP contribution < -0.4 is 5.32 Å². The molecule has 30 heavy (non-hydrogen) atoms. The number of amides is 3. The van der Waals surface area contributed by atoms with Crippen LogP contribution in [0.15, 0.2) is 48.5 Å². The largest absolute Gasteiger partial charge is 0.350 e. The number of alkyl halides is 1. The van der Waals surface area contributed by atoms with Gasteiger partial charge in [0.05, 0.1) is 20.9 Å². The fourth-order valence-corrected chi connectivity index (χ4v) is 4.03. The van der Waals surface area contributed by atoms with E-state index < -0.39 is 39.1 Å². The minimum atomic E-state index is -1.20. The third kappa shape index (κ3) is 4.11. The molecule has 0 aromatic heterocycles. The molecule has 3 amide bonds. The summed E-state index contributed by atoms with van der Waals surface area (Å²) in [5.41, 5.74) is 0.288. The van der Waals surface area contributed by atoms with Crippen molar-refractivity contribution in [1.82, 2.24) is 10.2 Å². The molecule has 2 atom stereocenters. The number of nitrogens with zero attached hydrogens (tertiary/aromatic N) is 2. The van der Waals surface area contributed by atoms with Crippen molar-refractivity contribution in [2.45, 2.75) is 37.2 Å². The molecule has 0 spiro atoms. The summed E-state index contributed by atoms with van der Waals surface area (Å²) >= 11 is 3.46. The van der Waals surface area contributed by atoms with Crippen LogP contribution in [0.2, 0.25) is 0 Å². The Kier molecular flexibility index (Phi) is 5.76. The number of imide groups is 1. The normalized spacial score (nSPS) is 15.5. The first-order valence-electron chi connectivity index (χ1n) is 9.18. The lowest BCUT2D eigenvalue weighted by Crippen LogP contribution is -2.55. The van der Waals surface area contributed by atoms with Gasteiger partial charge in [-0.2, -0.15) is 0 Å². The molecule has 0 saturated carbocycles. The van der Waals surface area contributed by atoms with Crippen LogP contribution in [0.25, 0.3) is 0 Å². The number of nitro groups is 1. The van der Waals surface area contributed by atoms with E-state index in [1.54, 1.807) is 45.0 Å². The van der Waals surface area contributed by atoms with Crippen molar-refractivity contribution in [2.24, 2.45) is 0 Å². The molecule has 0 fully saturated rings. The first kappa shape index (κ1) is 21.6. The summed E-state index contributed by atoms with van der Waals surface area (Å²) in [7, 11) is 0. The average Bonchev–Trinajstić information content (AvgIpc) is 2.92. The number of carbonyl (C=O) groups excluding carboxylic acids is 3. The molecule has 0 saturated heterocycles. The monoisotopic (exact) mass is 473 g/mol. The zero-order valence-electron chi connectivity index (χ0n) is 16.6. The molecular formula is C21H20BrN3O5. The SMILES string of the molecule is CC(C)(C)NC(=O)C(C(Br)c1ccc([N+](=O)[O-])cc1)N1C(=O)c2ccccc2C1=O. The van der Waals surface area contributed by atoms with Crippen molar-refractivity contribution in [1.29, 1.82) is 0 Å². The second kappa shape index (κ2) is 7.98. The molecule has 2 aromatic rings. The van der Waals surface area contributed by atoms with Crippen molar-refractivity contribution in [3.8, 4) is 0 Å². The van der Waals surface area contributed by atoms with E-state index in [-0.39, 0.29) is 16.8 Å². The molecule has 2 aromatic carbocycles. The number of benzene rings is 2. The van der Waals surface area contributed by atoms with Gasteiger partial charge in [0.15, 0.2) is 0 Å². The van der Waals surface area contributed by atoms with E-state index in [0.29, 0.717) is 5.56 Å². The summed E-state index contributed by atoms with van der Waals surface area (Å²) in [5, 5.41) is 13.8. The Hall–Kier alpha value is -3.07. The van der Waals surface area contributed by atoms with Crippen molar-refractivity contribution in [3.05, 3.63) is 75.3 Å². The number of non-ortho nitro benzene ring substituents is 1. The smallest absolute Gasteiger partial charge is 0.269 e.